The van der Waals surface area contributed by atoms with E-state index in [2.05, 4.69) is 16.3 Å². The molecule has 0 amide bonds. The fraction of sp³-hybridized carbons (Fsp3) is 0.538. The molecule has 18 heavy (non-hydrogen) atoms. The van der Waals surface area contributed by atoms with E-state index in [0.29, 0.717) is 4.90 Å². The summed E-state index contributed by atoms with van der Waals surface area (Å²) in [4.78, 5) is 2.75. The highest BCUT2D eigenvalue weighted by Crippen LogP contribution is 2.14. The standard InChI is InChI=1S/C13H19N2O2S/c1-18(16,17)13-6-4-5-12(11-13)14-7-10-15-8-2-3-9-15/h4,6,11,14H,2-3,7-10H2,1H3. The van der Waals surface area contributed by atoms with Crippen molar-refractivity contribution in [2.24, 2.45) is 0 Å². The minimum atomic E-state index is -3.14. The van der Waals surface area contributed by atoms with Gasteiger partial charge in [-0.2, -0.15) is 0 Å². The van der Waals surface area contributed by atoms with Crippen LogP contribution < -0.4 is 5.32 Å². The second-order valence-corrected chi connectivity index (χ2v) is 6.70. The van der Waals surface area contributed by atoms with E-state index >= 15 is 0 Å². The molecule has 1 aromatic carbocycles. The Bertz CT molecular complexity index is 493. The van der Waals surface area contributed by atoms with E-state index < -0.39 is 9.84 Å². The van der Waals surface area contributed by atoms with Crippen LogP contribution in [0.5, 0.6) is 0 Å². The van der Waals surface area contributed by atoms with Gasteiger partial charge in [0.15, 0.2) is 9.84 Å². The summed E-state index contributed by atoms with van der Waals surface area (Å²) in [6.07, 6.45) is 3.79. The van der Waals surface area contributed by atoms with Crippen LogP contribution in [0.2, 0.25) is 0 Å². The number of sulfone groups is 1. The average Bonchev–Trinajstić information content (AvgIpc) is 2.81. The highest BCUT2D eigenvalue weighted by Gasteiger charge is 2.11. The maximum atomic E-state index is 11.4. The average molecular weight is 267 g/mol. The van der Waals surface area contributed by atoms with Gasteiger partial charge in [-0.3, -0.25) is 0 Å². The lowest BCUT2D eigenvalue weighted by molar-refractivity contribution is 0.352. The van der Waals surface area contributed by atoms with E-state index in [9.17, 15) is 8.42 Å². The molecule has 1 aliphatic heterocycles. The summed E-state index contributed by atoms with van der Waals surface area (Å²) in [6, 6.07) is 7.87. The summed E-state index contributed by atoms with van der Waals surface area (Å²) >= 11 is 0. The molecule has 1 aliphatic rings. The number of likely N-dealkylation sites (tertiary alicyclic amines) is 1. The zero-order valence-corrected chi connectivity index (χ0v) is 11.5. The lowest BCUT2D eigenvalue weighted by Crippen LogP contribution is -2.25. The first-order valence-electron chi connectivity index (χ1n) is 6.24. The molecule has 0 bridgehead atoms. The number of anilines is 1. The first-order chi connectivity index (χ1) is 8.55. The summed E-state index contributed by atoms with van der Waals surface area (Å²) in [5.41, 5.74) is 0.747. The molecule has 1 heterocycles. The summed E-state index contributed by atoms with van der Waals surface area (Å²) in [5.74, 6) is 0. The molecular formula is C13H19N2O2S. The van der Waals surface area contributed by atoms with Crippen molar-refractivity contribution < 1.29 is 8.42 Å². The third-order valence-electron chi connectivity index (χ3n) is 3.14. The van der Waals surface area contributed by atoms with Crippen LogP contribution in [0.3, 0.4) is 0 Å². The monoisotopic (exact) mass is 267 g/mol. The third kappa shape index (κ3) is 3.71. The van der Waals surface area contributed by atoms with Gasteiger partial charge in [0, 0.05) is 31.1 Å². The third-order valence-corrected chi connectivity index (χ3v) is 4.25. The lowest BCUT2D eigenvalue weighted by atomic mass is 10.3. The molecular weight excluding hydrogens is 248 g/mol. The van der Waals surface area contributed by atoms with Gasteiger partial charge in [0.05, 0.1) is 4.90 Å². The first-order valence-corrected chi connectivity index (χ1v) is 8.13. The zero-order valence-electron chi connectivity index (χ0n) is 10.6. The Hall–Kier alpha value is -1.07. The quantitative estimate of drug-likeness (QED) is 0.876. The topological polar surface area (TPSA) is 49.4 Å². The molecule has 0 saturated carbocycles. The van der Waals surface area contributed by atoms with Crippen LogP contribution in [0.1, 0.15) is 12.8 Å². The van der Waals surface area contributed by atoms with Crippen LogP contribution in [0.15, 0.2) is 23.1 Å². The molecule has 0 aliphatic carbocycles. The van der Waals surface area contributed by atoms with Crippen LogP contribution in [-0.4, -0.2) is 45.8 Å². The van der Waals surface area contributed by atoms with Crippen LogP contribution >= 0.6 is 0 Å². The zero-order chi connectivity index (χ0) is 13.0. The van der Waals surface area contributed by atoms with E-state index in [-0.39, 0.29) is 0 Å². The maximum Gasteiger partial charge on any atom is 0.175 e. The van der Waals surface area contributed by atoms with Gasteiger partial charge in [0.1, 0.15) is 0 Å². The van der Waals surface area contributed by atoms with Gasteiger partial charge in [-0.1, -0.05) is 6.07 Å². The molecule has 1 aromatic rings. The van der Waals surface area contributed by atoms with Gasteiger partial charge < -0.3 is 10.2 Å². The number of nitrogens with zero attached hydrogens (tertiary/aromatic N) is 1. The van der Waals surface area contributed by atoms with Crippen LogP contribution in [0, 0.1) is 6.07 Å². The van der Waals surface area contributed by atoms with Crippen LogP contribution in [0.25, 0.3) is 0 Å². The van der Waals surface area contributed by atoms with Crippen LogP contribution in [0.4, 0.5) is 5.69 Å². The maximum absolute atomic E-state index is 11.4. The molecule has 5 heteroatoms. The van der Waals surface area contributed by atoms with E-state index in [1.807, 2.05) is 0 Å². The van der Waals surface area contributed by atoms with Crippen molar-refractivity contribution in [3.63, 3.8) is 0 Å². The van der Waals surface area contributed by atoms with Gasteiger partial charge in [0.25, 0.3) is 0 Å². The fourth-order valence-electron chi connectivity index (χ4n) is 2.13. The van der Waals surface area contributed by atoms with Crippen molar-refractivity contribution in [2.45, 2.75) is 17.7 Å². The normalized spacial score (nSPS) is 16.9. The number of hydrogen-bond acceptors (Lipinski definition) is 4. The molecule has 0 atom stereocenters. The second kappa shape index (κ2) is 5.71. The fourth-order valence-corrected chi connectivity index (χ4v) is 2.78. The molecule has 1 fully saturated rings. The predicted octanol–water partition coefficient (Wildman–Crippen LogP) is 1.40. The molecule has 1 radical (unpaired) electrons. The van der Waals surface area contributed by atoms with E-state index in [4.69, 9.17) is 0 Å². The Labute approximate surface area is 109 Å². The summed E-state index contributed by atoms with van der Waals surface area (Å²) in [7, 11) is -3.14. The molecule has 2 rings (SSSR count). The minimum Gasteiger partial charge on any atom is -0.383 e. The SMILES string of the molecule is CS(=O)(=O)c1cc[c]c(NCCN2CCCC2)c1. The number of rotatable bonds is 5. The Kier molecular flexibility index (Phi) is 4.24. The number of nitrogens with one attached hydrogen (secondary N) is 1. The van der Waals surface area contributed by atoms with Gasteiger partial charge in [-0.15, -0.1) is 0 Å². The van der Waals surface area contributed by atoms with Gasteiger partial charge in [0.2, 0.25) is 0 Å². The summed E-state index contributed by atoms with van der Waals surface area (Å²) in [5, 5.41) is 3.22. The molecule has 4 nitrogen and oxygen atoms in total. The molecule has 0 spiro atoms. The van der Waals surface area contributed by atoms with Crippen molar-refractivity contribution in [3.05, 3.63) is 24.3 Å². The molecule has 99 valence electrons. The number of hydrogen-bond donors (Lipinski definition) is 1. The Morgan fingerprint density at radius 3 is 2.78 bits per heavy atom. The molecule has 0 aromatic heterocycles. The first kappa shape index (κ1) is 13.4. The van der Waals surface area contributed by atoms with E-state index in [0.717, 1.165) is 18.8 Å². The molecule has 0 unspecified atom stereocenters. The Morgan fingerprint density at radius 2 is 2.11 bits per heavy atom. The molecule has 1 N–H and O–H groups in total. The summed E-state index contributed by atoms with van der Waals surface area (Å²) < 4.78 is 22.8. The summed E-state index contributed by atoms with van der Waals surface area (Å²) in [6.45, 7) is 4.17. The second-order valence-electron chi connectivity index (χ2n) is 4.69. The highest BCUT2D eigenvalue weighted by atomic mass is 32.2. The predicted molar refractivity (Wildman–Crippen MR) is 72.6 cm³/mol. The number of benzene rings is 1. The van der Waals surface area contributed by atoms with Crippen LogP contribution in [-0.2, 0) is 9.84 Å². The van der Waals surface area contributed by atoms with Gasteiger partial charge in [-0.05, 0) is 38.1 Å². The Balaban J connectivity index is 1.89. The van der Waals surface area contributed by atoms with Crippen molar-refractivity contribution in [1.82, 2.24) is 4.90 Å². The van der Waals surface area contributed by atoms with Gasteiger partial charge >= 0.3 is 0 Å². The van der Waals surface area contributed by atoms with Gasteiger partial charge in [-0.25, -0.2) is 8.42 Å². The highest BCUT2D eigenvalue weighted by molar-refractivity contribution is 7.90. The van der Waals surface area contributed by atoms with Crippen molar-refractivity contribution in [3.8, 4) is 0 Å². The lowest BCUT2D eigenvalue weighted by Gasteiger charge is -2.15. The Morgan fingerprint density at radius 1 is 1.39 bits per heavy atom. The van der Waals surface area contributed by atoms with Crippen molar-refractivity contribution in [1.29, 1.82) is 0 Å². The van der Waals surface area contributed by atoms with E-state index in [1.165, 1.54) is 32.2 Å². The largest absolute Gasteiger partial charge is 0.383 e. The minimum absolute atomic E-state index is 0.338. The van der Waals surface area contributed by atoms with E-state index in [1.54, 1.807) is 18.2 Å². The van der Waals surface area contributed by atoms with Crippen molar-refractivity contribution in [2.75, 3.05) is 37.8 Å². The smallest absolute Gasteiger partial charge is 0.175 e. The van der Waals surface area contributed by atoms with Crippen molar-refractivity contribution >= 4 is 15.5 Å². The molecule has 1 saturated heterocycles.